The molecule has 0 radical (unpaired) electrons. The average molecular weight is 332 g/mol. The molecular formula is C17H18BrNO. The minimum Gasteiger partial charge on any atom is -0.307 e. The fourth-order valence-electron chi connectivity index (χ4n) is 2.04. The van der Waals surface area contributed by atoms with Gasteiger partial charge in [0.15, 0.2) is 5.78 Å². The van der Waals surface area contributed by atoms with Crippen LogP contribution in [-0.4, -0.2) is 18.4 Å². The number of carbonyl (C=O) groups is 1. The van der Waals surface area contributed by atoms with Crippen molar-refractivity contribution in [3.05, 3.63) is 70.2 Å². The molecule has 0 fully saturated rings. The van der Waals surface area contributed by atoms with E-state index in [-0.39, 0.29) is 11.8 Å². The summed E-state index contributed by atoms with van der Waals surface area (Å²) in [6.07, 6.45) is 0.925. The highest BCUT2D eigenvalue weighted by Gasteiger charge is 2.08. The third kappa shape index (κ3) is 4.58. The van der Waals surface area contributed by atoms with Crippen LogP contribution in [0.3, 0.4) is 0 Å². The largest absolute Gasteiger partial charge is 0.307 e. The van der Waals surface area contributed by atoms with Gasteiger partial charge in [0.2, 0.25) is 0 Å². The van der Waals surface area contributed by atoms with Gasteiger partial charge in [0, 0.05) is 16.1 Å². The second-order valence-electron chi connectivity index (χ2n) is 4.90. The number of rotatable bonds is 6. The average Bonchev–Trinajstić information content (AvgIpc) is 2.46. The van der Waals surface area contributed by atoms with E-state index in [0.29, 0.717) is 6.54 Å². The monoisotopic (exact) mass is 331 g/mol. The van der Waals surface area contributed by atoms with Gasteiger partial charge in [-0.25, -0.2) is 0 Å². The Kier molecular flexibility index (Phi) is 5.50. The highest BCUT2D eigenvalue weighted by atomic mass is 79.9. The summed E-state index contributed by atoms with van der Waals surface area (Å²) >= 11 is 3.37. The highest BCUT2D eigenvalue weighted by Crippen LogP contribution is 2.11. The second kappa shape index (κ2) is 7.36. The van der Waals surface area contributed by atoms with Gasteiger partial charge in [-0.15, -0.1) is 0 Å². The Labute approximate surface area is 128 Å². The molecule has 0 bridgehead atoms. The molecule has 104 valence electrons. The molecule has 1 atom stereocenters. The number of halogens is 1. The third-order valence-electron chi connectivity index (χ3n) is 3.16. The van der Waals surface area contributed by atoms with Gasteiger partial charge >= 0.3 is 0 Å². The summed E-state index contributed by atoms with van der Waals surface area (Å²) in [6, 6.07) is 18.0. The molecule has 1 unspecified atom stereocenters. The van der Waals surface area contributed by atoms with Gasteiger partial charge in [0.25, 0.3) is 0 Å². The van der Waals surface area contributed by atoms with E-state index in [1.807, 2.05) is 42.5 Å². The van der Waals surface area contributed by atoms with E-state index in [1.165, 1.54) is 5.56 Å². The van der Waals surface area contributed by atoms with E-state index in [2.05, 4.69) is 40.3 Å². The lowest BCUT2D eigenvalue weighted by molar-refractivity contribution is 0.0988. The summed E-state index contributed by atoms with van der Waals surface area (Å²) in [6.45, 7) is 2.47. The number of hydrogen-bond acceptors (Lipinski definition) is 2. The second-order valence-corrected chi connectivity index (χ2v) is 5.82. The lowest BCUT2D eigenvalue weighted by Gasteiger charge is -2.13. The van der Waals surface area contributed by atoms with Crippen LogP contribution in [0.1, 0.15) is 22.8 Å². The van der Waals surface area contributed by atoms with Crippen molar-refractivity contribution in [2.75, 3.05) is 6.54 Å². The summed E-state index contributed by atoms with van der Waals surface area (Å²) in [5, 5.41) is 3.28. The van der Waals surface area contributed by atoms with Crippen LogP contribution in [0.25, 0.3) is 0 Å². The molecule has 0 amide bonds. The molecule has 2 nitrogen and oxygen atoms in total. The van der Waals surface area contributed by atoms with Crippen molar-refractivity contribution in [2.24, 2.45) is 0 Å². The predicted molar refractivity (Wildman–Crippen MR) is 86.1 cm³/mol. The first kappa shape index (κ1) is 14.9. The maximum absolute atomic E-state index is 12.0. The van der Waals surface area contributed by atoms with Crippen LogP contribution >= 0.6 is 15.9 Å². The molecule has 0 heterocycles. The third-order valence-corrected chi connectivity index (χ3v) is 3.69. The minimum absolute atomic E-state index is 0.123. The van der Waals surface area contributed by atoms with Crippen LogP contribution in [0.2, 0.25) is 0 Å². The molecule has 2 aromatic carbocycles. The summed E-state index contributed by atoms with van der Waals surface area (Å²) in [7, 11) is 0. The molecule has 0 saturated heterocycles. The molecule has 0 spiro atoms. The van der Waals surface area contributed by atoms with Gasteiger partial charge in [-0.05, 0) is 31.0 Å². The van der Waals surface area contributed by atoms with Gasteiger partial charge in [-0.2, -0.15) is 0 Å². The van der Waals surface area contributed by atoms with E-state index in [4.69, 9.17) is 0 Å². The Morgan fingerprint density at radius 1 is 1.10 bits per heavy atom. The summed E-state index contributed by atoms with van der Waals surface area (Å²) in [5.41, 5.74) is 2.02. The van der Waals surface area contributed by atoms with Gasteiger partial charge < -0.3 is 5.32 Å². The van der Waals surface area contributed by atoms with Crippen LogP contribution in [-0.2, 0) is 6.42 Å². The molecule has 0 aliphatic carbocycles. The lowest BCUT2D eigenvalue weighted by Crippen LogP contribution is -2.33. The molecule has 0 aliphatic rings. The van der Waals surface area contributed by atoms with Crippen LogP contribution in [0, 0.1) is 0 Å². The van der Waals surface area contributed by atoms with Crippen molar-refractivity contribution in [1.82, 2.24) is 5.32 Å². The molecular weight excluding hydrogens is 314 g/mol. The number of ketones is 1. The number of benzene rings is 2. The normalized spacial score (nSPS) is 12.1. The predicted octanol–water partition coefficient (Wildman–Crippen LogP) is 3.85. The lowest BCUT2D eigenvalue weighted by atomic mass is 10.1. The quantitative estimate of drug-likeness (QED) is 0.814. The molecule has 1 N–H and O–H groups in total. The van der Waals surface area contributed by atoms with Crippen molar-refractivity contribution in [3.63, 3.8) is 0 Å². The fraction of sp³-hybridized carbons (Fsp3) is 0.235. The number of Topliss-reactive ketones (excluding diaryl/α,β-unsaturated/α-hetero) is 1. The molecule has 0 aromatic heterocycles. The minimum atomic E-state index is 0.123. The van der Waals surface area contributed by atoms with E-state index in [1.54, 1.807) is 0 Å². The summed E-state index contributed by atoms with van der Waals surface area (Å²) in [4.78, 5) is 12.0. The van der Waals surface area contributed by atoms with Crippen LogP contribution < -0.4 is 5.32 Å². The Hall–Kier alpha value is -1.45. The maximum Gasteiger partial charge on any atom is 0.176 e. The van der Waals surface area contributed by atoms with Crippen LogP contribution in [0.5, 0.6) is 0 Å². The maximum atomic E-state index is 12.0. The molecule has 0 saturated carbocycles. The number of hydrogen-bond donors (Lipinski definition) is 1. The van der Waals surface area contributed by atoms with Gasteiger partial charge in [0.1, 0.15) is 0 Å². The Morgan fingerprint density at radius 3 is 2.40 bits per heavy atom. The van der Waals surface area contributed by atoms with Crippen molar-refractivity contribution in [1.29, 1.82) is 0 Å². The number of nitrogens with one attached hydrogen (secondary N) is 1. The van der Waals surface area contributed by atoms with Crippen molar-refractivity contribution < 1.29 is 4.79 Å². The molecule has 20 heavy (non-hydrogen) atoms. The first-order chi connectivity index (χ1) is 9.65. The summed E-state index contributed by atoms with van der Waals surface area (Å²) < 4.78 is 0.986. The first-order valence-corrected chi connectivity index (χ1v) is 7.50. The topological polar surface area (TPSA) is 29.1 Å². The van der Waals surface area contributed by atoms with E-state index in [0.717, 1.165) is 16.5 Å². The number of carbonyl (C=O) groups excluding carboxylic acids is 1. The van der Waals surface area contributed by atoms with Gasteiger partial charge in [0.05, 0.1) is 6.54 Å². The van der Waals surface area contributed by atoms with Crippen LogP contribution in [0.15, 0.2) is 59.1 Å². The molecule has 2 rings (SSSR count). The zero-order chi connectivity index (χ0) is 14.4. The van der Waals surface area contributed by atoms with Crippen molar-refractivity contribution in [2.45, 2.75) is 19.4 Å². The zero-order valence-corrected chi connectivity index (χ0v) is 13.1. The van der Waals surface area contributed by atoms with Crippen molar-refractivity contribution in [3.8, 4) is 0 Å². The SMILES string of the molecule is CC(Cc1ccccc1)NCC(=O)c1ccc(Br)cc1. The first-order valence-electron chi connectivity index (χ1n) is 6.71. The zero-order valence-electron chi connectivity index (χ0n) is 11.5. The van der Waals surface area contributed by atoms with E-state index < -0.39 is 0 Å². The van der Waals surface area contributed by atoms with E-state index in [9.17, 15) is 4.79 Å². The van der Waals surface area contributed by atoms with Gasteiger partial charge in [-0.1, -0.05) is 58.4 Å². The highest BCUT2D eigenvalue weighted by molar-refractivity contribution is 9.10. The molecule has 0 aliphatic heterocycles. The Bertz CT molecular complexity index is 551. The van der Waals surface area contributed by atoms with Crippen LogP contribution in [0.4, 0.5) is 0 Å². The van der Waals surface area contributed by atoms with Crippen molar-refractivity contribution >= 4 is 21.7 Å². The standard InChI is InChI=1S/C17H18BrNO/c1-13(11-14-5-3-2-4-6-14)19-12-17(20)15-7-9-16(18)10-8-15/h2-10,13,19H,11-12H2,1H3. The fourth-order valence-corrected chi connectivity index (χ4v) is 2.31. The molecule has 2 aromatic rings. The summed E-state index contributed by atoms with van der Waals surface area (Å²) in [5.74, 6) is 0.123. The Balaban J connectivity index is 1.82. The molecule has 3 heteroatoms. The smallest absolute Gasteiger partial charge is 0.176 e. The van der Waals surface area contributed by atoms with E-state index >= 15 is 0 Å². The Morgan fingerprint density at radius 2 is 1.75 bits per heavy atom. The van der Waals surface area contributed by atoms with Gasteiger partial charge in [-0.3, -0.25) is 4.79 Å².